The zero-order valence-corrected chi connectivity index (χ0v) is 17.9. The second-order valence-corrected chi connectivity index (χ2v) is 8.28. The van der Waals surface area contributed by atoms with Crippen LogP contribution in [0.3, 0.4) is 0 Å². The molecule has 1 unspecified atom stereocenters. The van der Waals surface area contributed by atoms with E-state index in [4.69, 9.17) is 23.2 Å². The van der Waals surface area contributed by atoms with Crippen molar-refractivity contribution in [2.75, 3.05) is 0 Å². The molecule has 1 aliphatic carbocycles. The van der Waals surface area contributed by atoms with Crippen molar-refractivity contribution in [2.24, 2.45) is 0 Å². The van der Waals surface area contributed by atoms with Crippen LogP contribution in [0.25, 0.3) is 0 Å². The first-order chi connectivity index (χ1) is 14.7. The molecule has 1 aliphatic rings. The minimum atomic E-state index is -4.60. The van der Waals surface area contributed by atoms with Crippen molar-refractivity contribution in [2.45, 2.75) is 50.4 Å². The summed E-state index contributed by atoms with van der Waals surface area (Å²) in [6.45, 7) is 0. The third-order valence-corrected chi connectivity index (χ3v) is 5.89. The van der Waals surface area contributed by atoms with Crippen LogP contribution in [0.15, 0.2) is 42.5 Å². The summed E-state index contributed by atoms with van der Waals surface area (Å²) in [5, 5.41) is 5.76. The van der Waals surface area contributed by atoms with E-state index in [0.717, 1.165) is 50.3 Å². The van der Waals surface area contributed by atoms with Gasteiger partial charge in [0.15, 0.2) is 0 Å². The lowest BCUT2D eigenvalue weighted by atomic mass is 9.95. The standard InChI is InChI=1S/C22H21Cl2F3N2O2/c23-16-10-5-11-17(24)18(16)19(21(31)28-15-8-2-1-3-9-15)29-20(30)13-6-4-7-14(12-13)22(25,26)27/h4-7,10-12,15,19H,1-3,8-9H2,(H,28,31)(H,29,30). The van der Waals surface area contributed by atoms with Crippen molar-refractivity contribution in [1.82, 2.24) is 10.6 Å². The van der Waals surface area contributed by atoms with E-state index in [1.807, 2.05) is 0 Å². The van der Waals surface area contributed by atoms with Gasteiger partial charge in [0, 0.05) is 27.2 Å². The van der Waals surface area contributed by atoms with Gasteiger partial charge in [-0.1, -0.05) is 54.6 Å². The summed E-state index contributed by atoms with van der Waals surface area (Å²) in [5.74, 6) is -1.35. The third-order valence-electron chi connectivity index (χ3n) is 5.23. The fourth-order valence-electron chi connectivity index (χ4n) is 3.64. The minimum Gasteiger partial charge on any atom is -0.351 e. The molecule has 4 nitrogen and oxygen atoms in total. The summed E-state index contributed by atoms with van der Waals surface area (Å²) in [7, 11) is 0. The quantitative estimate of drug-likeness (QED) is 0.566. The van der Waals surface area contributed by atoms with Crippen molar-refractivity contribution in [3.05, 3.63) is 69.2 Å². The van der Waals surface area contributed by atoms with Crippen molar-refractivity contribution >= 4 is 35.0 Å². The van der Waals surface area contributed by atoms with Gasteiger partial charge in [-0.2, -0.15) is 13.2 Å². The van der Waals surface area contributed by atoms with Crippen LogP contribution in [-0.2, 0) is 11.0 Å². The van der Waals surface area contributed by atoms with Gasteiger partial charge in [0.05, 0.1) is 5.56 Å². The van der Waals surface area contributed by atoms with E-state index in [0.29, 0.717) is 0 Å². The Labute approximate surface area is 188 Å². The van der Waals surface area contributed by atoms with Crippen LogP contribution in [0.1, 0.15) is 59.6 Å². The summed E-state index contributed by atoms with van der Waals surface area (Å²) < 4.78 is 39.1. The largest absolute Gasteiger partial charge is 0.416 e. The topological polar surface area (TPSA) is 58.2 Å². The van der Waals surface area contributed by atoms with E-state index >= 15 is 0 Å². The van der Waals surface area contributed by atoms with Gasteiger partial charge in [-0.15, -0.1) is 0 Å². The number of benzene rings is 2. The Morgan fingerprint density at radius 2 is 1.58 bits per heavy atom. The molecule has 2 aromatic rings. The van der Waals surface area contributed by atoms with Crippen LogP contribution in [0, 0.1) is 0 Å². The number of halogens is 5. The summed E-state index contributed by atoms with van der Waals surface area (Å²) in [5.41, 5.74) is -0.993. The monoisotopic (exact) mass is 472 g/mol. The maximum Gasteiger partial charge on any atom is 0.416 e. The van der Waals surface area contributed by atoms with Gasteiger partial charge in [-0.05, 0) is 43.2 Å². The Kier molecular flexibility index (Phi) is 7.49. The van der Waals surface area contributed by atoms with Crippen LogP contribution >= 0.6 is 23.2 Å². The molecule has 3 rings (SSSR count). The van der Waals surface area contributed by atoms with E-state index in [-0.39, 0.29) is 27.2 Å². The van der Waals surface area contributed by atoms with Gasteiger partial charge in [0.2, 0.25) is 5.91 Å². The first kappa shape index (κ1) is 23.4. The summed E-state index contributed by atoms with van der Waals surface area (Å²) in [4.78, 5) is 25.9. The Bertz CT molecular complexity index is 940. The molecule has 1 atom stereocenters. The van der Waals surface area contributed by atoms with Crippen LogP contribution in [0.5, 0.6) is 0 Å². The fraction of sp³-hybridized carbons (Fsp3) is 0.364. The summed E-state index contributed by atoms with van der Waals surface area (Å²) in [6.07, 6.45) is 0.100. The highest BCUT2D eigenvalue weighted by Gasteiger charge is 2.32. The number of rotatable bonds is 5. The predicted octanol–water partition coefficient (Wildman–Crippen LogP) is 5.93. The molecule has 166 valence electrons. The number of alkyl halides is 3. The normalized spacial score (nSPS) is 15.9. The Balaban J connectivity index is 1.89. The van der Waals surface area contributed by atoms with Crippen molar-refractivity contribution in [3.63, 3.8) is 0 Å². The first-order valence-electron chi connectivity index (χ1n) is 9.89. The molecule has 1 fully saturated rings. The average molecular weight is 473 g/mol. The number of nitrogens with one attached hydrogen (secondary N) is 2. The zero-order chi connectivity index (χ0) is 22.6. The molecule has 0 heterocycles. The SMILES string of the molecule is O=C(NC(C(=O)NC1CCCCC1)c1c(Cl)cccc1Cl)c1cccc(C(F)(F)F)c1. The van der Waals surface area contributed by atoms with Crippen LogP contribution in [-0.4, -0.2) is 17.9 Å². The van der Waals surface area contributed by atoms with E-state index in [1.165, 1.54) is 18.2 Å². The third kappa shape index (κ3) is 5.92. The molecular weight excluding hydrogens is 452 g/mol. The van der Waals surface area contributed by atoms with Gasteiger partial charge in [-0.3, -0.25) is 9.59 Å². The van der Waals surface area contributed by atoms with Crippen LogP contribution in [0.4, 0.5) is 13.2 Å². The number of carbonyl (C=O) groups excluding carboxylic acids is 2. The fourth-order valence-corrected chi connectivity index (χ4v) is 4.25. The maximum absolute atomic E-state index is 13.1. The first-order valence-corrected chi connectivity index (χ1v) is 10.6. The Morgan fingerprint density at radius 1 is 0.968 bits per heavy atom. The molecule has 0 aliphatic heterocycles. The van der Waals surface area contributed by atoms with E-state index in [1.54, 1.807) is 6.07 Å². The zero-order valence-electron chi connectivity index (χ0n) is 16.4. The van der Waals surface area contributed by atoms with Crippen molar-refractivity contribution in [3.8, 4) is 0 Å². The molecule has 31 heavy (non-hydrogen) atoms. The van der Waals surface area contributed by atoms with Crippen molar-refractivity contribution in [1.29, 1.82) is 0 Å². The lowest BCUT2D eigenvalue weighted by Gasteiger charge is -2.27. The average Bonchev–Trinajstić information content (AvgIpc) is 2.73. The van der Waals surface area contributed by atoms with Crippen molar-refractivity contribution < 1.29 is 22.8 Å². The molecule has 0 aromatic heterocycles. The van der Waals surface area contributed by atoms with Crippen LogP contribution < -0.4 is 10.6 Å². The maximum atomic E-state index is 13.1. The van der Waals surface area contributed by atoms with Crippen LogP contribution in [0.2, 0.25) is 10.0 Å². The number of amides is 2. The van der Waals surface area contributed by atoms with E-state index in [9.17, 15) is 22.8 Å². The lowest BCUT2D eigenvalue weighted by molar-refractivity contribution is -0.137. The molecule has 0 spiro atoms. The van der Waals surface area contributed by atoms with E-state index in [2.05, 4.69) is 10.6 Å². The van der Waals surface area contributed by atoms with Gasteiger partial charge in [0.1, 0.15) is 6.04 Å². The molecular formula is C22H21Cl2F3N2O2. The van der Waals surface area contributed by atoms with Gasteiger partial charge in [-0.25, -0.2) is 0 Å². The highest BCUT2D eigenvalue weighted by atomic mass is 35.5. The summed E-state index contributed by atoms with van der Waals surface area (Å²) in [6, 6.07) is 7.33. The lowest BCUT2D eigenvalue weighted by Crippen LogP contribution is -2.45. The van der Waals surface area contributed by atoms with E-state index < -0.39 is 29.6 Å². The minimum absolute atomic E-state index is 0.0459. The molecule has 9 heteroatoms. The smallest absolute Gasteiger partial charge is 0.351 e. The number of hydrogen-bond donors (Lipinski definition) is 2. The Hall–Kier alpha value is -2.25. The second-order valence-electron chi connectivity index (χ2n) is 7.46. The highest BCUT2D eigenvalue weighted by Crippen LogP contribution is 2.32. The molecule has 0 radical (unpaired) electrons. The van der Waals surface area contributed by atoms with Gasteiger partial charge >= 0.3 is 6.18 Å². The molecule has 0 saturated heterocycles. The van der Waals surface area contributed by atoms with Gasteiger partial charge < -0.3 is 10.6 Å². The highest BCUT2D eigenvalue weighted by molar-refractivity contribution is 6.36. The Morgan fingerprint density at radius 3 is 2.19 bits per heavy atom. The molecule has 0 bridgehead atoms. The second kappa shape index (κ2) is 9.92. The predicted molar refractivity (Wildman–Crippen MR) is 113 cm³/mol. The number of hydrogen-bond acceptors (Lipinski definition) is 2. The number of carbonyl (C=O) groups is 2. The molecule has 2 aromatic carbocycles. The van der Waals surface area contributed by atoms with Gasteiger partial charge in [0.25, 0.3) is 5.91 Å². The molecule has 2 N–H and O–H groups in total. The molecule has 1 saturated carbocycles. The molecule has 2 amide bonds. The summed E-state index contributed by atoms with van der Waals surface area (Å²) >= 11 is 12.5.